The summed E-state index contributed by atoms with van der Waals surface area (Å²) in [6, 6.07) is 0. The van der Waals surface area contributed by atoms with Gasteiger partial charge in [-0.05, 0) is 20.3 Å². The lowest BCUT2D eigenvalue weighted by molar-refractivity contribution is -0.142. The van der Waals surface area contributed by atoms with Crippen LogP contribution in [-0.2, 0) is 19.6 Å². The number of esters is 1. The van der Waals surface area contributed by atoms with E-state index in [2.05, 4.69) is 9.46 Å². The maximum atomic E-state index is 11.8. The molecule has 0 rings (SSSR count). The van der Waals surface area contributed by atoms with E-state index < -0.39 is 21.5 Å². The lowest BCUT2D eigenvalue weighted by atomic mass is 10.0. The van der Waals surface area contributed by atoms with E-state index in [-0.39, 0.29) is 23.8 Å². The van der Waals surface area contributed by atoms with Crippen molar-refractivity contribution in [2.45, 2.75) is 39.2 Å². The van der Waals surface area contributed by atoms with Crippen LogP contribution in [0.5, 0.6) is 0 Å². The molecule has 8 heteroatoms. The van der Waals surface area contributed by atoms with Gasteiger partial charge in [0.1, 0.15) is 0 Å². The van der Waals surface area contributed by atoms with Gasteiger partial charge in [-0.2, -0.15) is 0 Å². The normalized spacial score (nSPS) is 14.8. The molecule has 0 aromatic heterocycles. The third-order valence-electron chi connectivity index (χ3n) is 2.51. The Morgan fingerprint density at radius 1 is 1.44 bits per heavy atom. The highest BCUT2D eigenvalue weighted by atomic mass is 32.2. The molecule has 0 heterocycles. The fourth-order valence-electron chi connectivity index (χ4n) is 1.14. The van der Waals surface area contributed by atoms with Crippen molar-refractivity contribution in [3.63, 3.8) is 0 Å². The smallest absolute Gasteiger partial charge is 0.306 e. The molecule has 106 valence electrons. The van der Waals surface area contributed by atoms with Crippen LogP contribution < -0.4 is 10.5 Å². The topological polar surface area (TPSA) is 98.5 Å². The monoisotopic (exact) mass is 296 g/mol. The number of nitrogens with one attached hydrogen (secondary N) is 1. The molecule has 0 radical (unpaired) electrons. The summed E-state index contributed by atoms with van der Waals surface area (Å²) in [5, 5.41) is 0. The van der Waals surface area contributed by atoms with Gasteiger partial charge in [0.15, 0.2) is 0 Å². The first-order valence-corrected chi connectivity index (χ1v) is 7.70. The molecule has 0 spiro atoms. The molecule has 0 fully saturated rings. The van der Waals surface area contributed by atoms with Crippen LogP contribution in [0, 0.1) is 0 Å². The molecule has 0 saturated heterocycles. The third-order valence-corrected chi connectivity index (χ3v) is 4.47. The minimum absolute atomic E-state index is 0.0738. The van der Waals surface area contributed by atoms with Gasteiger partial charge in [-0.15, -0.1) is 0 Å². The molecule has 0 aliphatic rings. The SMILES string of the molecule is CCOC(=O)CCS(=O)(=O)NC(C)(CC)C(N)=S. The fraction of sp³-hybridized carbons (Fsp3) is 0.800. The van der Waals surface area contributed by atoms with Gasteiger partial charge in [0.25, 0.3) is 0 Å². The lowest BCUT2D eigenvalue weighted by Crippen LogP contribution is -2.54. The molecule has 18 heavy (non-hydrogen) atoms. The van der Waals surface area contributed by atoms with Crippen LogP contribution in [0.1, 0.15) is 33.6 Å². The second-order valence-electron chi connectivity index (χ2n) is 4.03. The number of nitrogens with two attached hydrogens (primary N) is 1. The quantitative estimate of drug-likeness (QED) is 0.494. The average molecular weight is 296 g/mol. The Balaban J connectivity index is 4.57. The molecule has 0 saturated carbocycles. The Labute approximate surface area is 113 Å². The van der Waals surface area contributed by atoms with Gasteiger partial charge >= 0.3 is 5.97 Å². The molecule has 1 atom stereocenters. The molecule has 0 amide bonds. The van der Waals surface area contributed by atoms with Crippen LogP contribution >= 0.6 is 12.2 Å². The van der Waals surface area contributed by atoms with Crippen LogP contribution in [0.3, 0.4) is 0 Å². The molecule has 0 aromatic carbocycles. The minimum atomic E-state index is -3.63. The van der Waals surface area contributed by atoms with Gasteiger partial charge in [-0.3, -0.25) is 4.79 Å². The van der Waals surface area contributed by atoms with Crippen molar-refractivity contribution in [1.82, 2.24) is 4.72 Å². The number of carbonyl (C=O) groups is 1. The van der Waals surface area contributed by atoms with Crippen molar-refractivity contribution in [2.75, 3.05) is 12.4 Å². The number of hydrogen-bond acceptors (Lipinski definition) is 5. The van der Waals surface area contributed by atoms with Crippen LogP contribution in [0.15, 0.2) is 0 Å². The van der Waals surface area contributed by atoms with Crippen LogP contribution in [0.2, 0.25) is 0 Å². The Hall–Kier alpha value is -0.730. The highest BCUT2D eigenvalue weighted by Crippen LogP contribution is 2.12. The number of thiocarbonyl (C=S) groups is 1. The van der Waals surface area contributed by atoms with E-state index in [1.807, 2.05) is 0 Å². The molecule has 0 aliphatic heterocycles. The minimum Gasteiger partial charge on any atom is -0.466 e. The molecule has 3 N–H and O–H groups in total. The number of carbonyl (C=O) groups excluding carboxylic acids is 1. The van der Waals surface area contributed by atoms with Gasteiger partial charge in [-0.25, -0.2) is 13.1 Å². The Bertz CT molecular complexity index is 408. The van der Waals surface area contributed by atoms with Gasteiger partial charge < -0.3 is 10.5 Å². The van der Waals surface area contributed by atoms with Crippen molar-refractivity contribution < 1.29 is 17.9 Å². The molecule has 0 aliphatic carbocycles. The van der Waals surface area contributed by atoms with Crippen molar-refractivity contribution >= 4 is 33.2 Å². The molecule has 1 unspecified atom stereocenters. The number of hydrogen-bond donors (Lipinski definition) is 2. The predicted octanol–water partition coefficient (Wildman–Crippen LogP) is 0.314. The lowest BCUT2D eigenvalue weighted by Gasteiger charge is -2.27. The van der Waals surface area contributed by atoms with E-state index in [1.54, 1.807) is 20.8 Å². The average Bonchev–Trinajstić information content (AvgIpc) is 2.26. The van der Waals surface area contributed by atoms with E-state index in [0.29, 0.717) is 6.42 Å². The summed E-state index contributed by atoms with van der Waals surface area (Å²) in [7, 11) is -3.63. The first-order chi connectivity index (χ1) is 8.17. The van der Waals surface area contributed by atoms with E-state index in [9.17, 15) is 13.2 Å². The number of ether oxygens (including phenoxy) is 1. The highest BCUT2D eigenvalue weighted by Gasteiger charge is 2.31. The van der Waals surface area contributed by atoms with Gasteiger partial charge in [0.2, 0.25) is 10.0 Å². The van der Waals surface area contributed by atoms with Gasteiger partial charge in [0, 0.05) is 0 Å². The first-order valence-electron chi connectivity index (χ1n) is 5.64. The van der Waals surface area contributed by atoms with Gasteiger partial charge in [0.05, 0.1) is 29.3 Å². The number of sulfonamides is 1. The van der Waals surface area contributed by atoms with Crippen molar-refractivity contribution in [2.24, 2.45) is 5.73 Å². The van der Waals surface area contributed by atoms with Crippen molar-refractivity contribution in [3.8, 4) is 0 Å². The largest absolute Gasteiger partial charge is 0.466 e. The van der Waals surface area contributed by atoms with E-state index in [0.717, 1.165) is 0 Å². The zero-order chi connectivity index (χ0) is 14.4. The molecule has 0 aromatic rings. The van der Waals surface area contributed by atoms with Crippen LogP contribution in [0.25, 0.3) is 0 Å². The molecule has 6 nitrogen and oxygen atoms in total. The van der Waals surface area contributed by atoms with Crippen molar-refractivity contribution in [1.29, 1.82) is 0 Å². The maximum absolute atomic E-state index is 11.8. The zero-order valence-electron chi connectivity index (χ0n) is 10.9. The summed E-state index contributed by atoms with van der Waals surface area (Å²) in [4.78, 5) is 11.2. The summed E-state index contributed by atoms with van der Waals surface area (Å²) in [6.07, 6.45) is 0.237. The zero-order valence-corrected chi connectivity index (χ0v) is 12.5. The number of rotatable bonds is 8. The predicted molar refractivity (Wildman–Crippen MR) is 73.7 cm³/mol. The van der Waals surface area contributed by atoms with Crippen LogP contribution in [-0.4, -0.2) is 37.3 Å². The Morgan fingerprint density at radius 2 is 2.00 bits per heavy atom. The highest BCUT2D eigenvalue weighted by molar-refractivity contribution is 7.89. The maximum Gasteiger partial charge on any atom is 0.306 e. The van der Waals surface area contributed by atoms with E-state index >= 15 is 0 Å². The summed E-state index contributed by atoms with van der Waals surface area (Å²) in [6.45, 7) is 5.27. The molecule has 0 bridgehead atoms. The third kappa shape index (κ3) is 5.74. The van der Waals surface area contributed by atoms with Gasteiger partial charge in [-0.1, -0.05) is 19.1 Å². The second-order valence-corrected chi connectivity index (χ2v) is 6.31. The summed E-state index contributed by atoms with van der Waals surface area (Å²) < 4.78 is 30.6. The molecular formula is C10H20N2O4S2. The molecular weight excluding hydrogens is 276 g/mol. The second kappa shape index (κ2) is 7.01. The van der Waals surface area contributed by atoms with E-state index in [4.69, 9.17) is 18.0 Å². The Kier molecular flexibility index (Phi) is 6.72. The Morgan fingerprint density at radius 3 is 2.39 bits per heavy atom. The standard InChI is InChI=1S/C10H20N2O4S2/c1-4-10(3,9(11)17)12-18(14,15)7-6-8(13)16-5-2/h12H,4-7H2,1-3H3,(H2,11,17). The summed E-state index contributed by atoms with van der Waals surface area (Å²) in [5.41, 5.74) is 4.54. The van der Waals surface area contributed by atoms with Crippen LogP contribution in [0.4, 0.5) is 0 Å². The van der Waals surface area contributed by atoms with Crippen molar-refractivity contribution in [3.05, 3.63) is 0 Å². The van der Waals surface area contributed by atoms with E-state index in [1.165, 1.54) is 0 Å². The summed E-state index contributed by atoms with van der Waals surface area (Å²) >= 11 is 4.83. The fourth-order valence-corrected chi connectivity index (χ4v) is 2.88. The summed E-state index contributed by atoms with van der Waals surface area (Å²) in [5.74, 6) is -0.888. The first kappa shape index (κ1) is 17.3.